The van der Waals surface area contributed by atoms with E-state index >= 15 is 0 Å². The van der Waals surface area contributed by atoms with E-state index in [4.69, 9.17) is 4.74 Å². The largest absolute Gasteiger partial charge is 0.465 e. The van der Waals surface area contributed by atoms with Crippen LogP contribution >= 0.6 is 0 Å². The van der Waals surface area contributed by atoms with E-state index in [1.54, 1.807) is 36.5 Å². The second-order valence-corrected chi connectivity index (χ2v) is 6.84. The van der Waals surface area contributed by atoms with Crippen LogP contribution in [-0.4, -0.2) is 35.4 Å². The van der Waals surface area contributed by atoms with Crippen molar-refractivity contribution in [1.82, 2.24) is 9.88 Å². The van der Waals surface area contributed by atoms with Gasteiger partial charge in [0.2, 0.25) is 0 Å². The number of pyridine rings is 1. The topological polar surface area (TPSA) is 71.5 Å². The summed E-state index contributed by atoms with van der Waals surface area (Å²) in [5.41, 5.74) is 4.62. The van der Waals surface area contributed by atoms with Crippen LogP contribution in [0, 0.1) is 0 Å². The minimum atomic E-state index is -0.418. The Bertz CT molecular complexity index is 1050. The Kier molecular flexibility index (Phi) is 5.24. The molecule has 29 heavy (non-hydrogen) atoms. The van der Waals surface area contributed by atoms with Crippen LogP contribution < -0.4 is 5.32 Å². The molecule has 0 fully saturated rings. The fourth-order valence-corrected chi connectivity index (χ4v) is 3.46. The van der Waals surface area contributed by atoms with Crippen molar-refractivity contribution in [2.45, 2.75) is 13.0 Å². The van der Waals surface area contributed by atoms with Gasteiger partial charge in [-0.05, 0) is 41.8 Å². The van der Waals surface area contributed by atoms with Crippen LogP contribution in [0.1, 0.15) is 32.0 Å². The fourth-order valence-electron chi connectivity index (χ4n) is 3.46. The molecule has 6 nitrogen and oxygen atoms in total. The van der Waals surface area contributed by atoms with E-state index < -0.39 is 5.97 Å². The Morgan fingerprint density at radius 3 is 2.52 bits per heavy atom. The van der Waals surface area contributed by atoms with E-state index in [1.807, 2.05) is 23.1 Å². The number of amides is 1. The molecule has 0 saturated heterocycles. The Labute approximate surface area is 169 Å². The zero-order chi connectivity index (χ0) is 20.2. The molecule has 2 heterocycles. The molecular formula is C23H21N3O3. The molecule has 0 unspecified atom stereocenters. The molecular weight excluding hydrogens is 366 g/mol. The number of methoxy groups -OCH3 is 1. The van der Waals surface area contributed by atoms with E-state index in [2.05, 4.69) is 22.4 Å². The van der Waals surface area contributed by atoms with E-state index in [9.17, 15) is 9.59 Å². The molecule has 4 rings (SSSR count). The molecule has 0 bridgehead atoms. The first-order valence-corrected chi connectivity index (χ1v) is 9.42. The minimum absolute atomic E-state index is 0.0824. The highest BCUT2D eigenvalue weighted by molar-refractivity contribution is 5.96. The monoisotopic (exact) mass is 387 g/mol. The third-order valence-corrected chi connectivity index (χ3v) is 5.01. The molecule has 1 aromatic heterocycles. The van der Waals surface area contributed by atoms with Crippen molar-refractivity contribution in [1.29, 1.82) is 0 Å². The molecule has 146 valence electrons. The Hall–Kier alpha value is -3.67. The average Bonchev–Trinajstić information content (AvgIpc) is 2.78. The highest BCUT2D eigenvalue weighted by atomic mass is 16.5. The summed E-state index contributed by atoms with van der Waals surface area (Å²) < 4.78 is 4.81. The van der Waals surface area contributed by atoms with Gasteiger partial charge in [0.05, 0.1) is 30.2 Å². The summed E-state index contributed by atoms with van der Waals surface area (Å²) in [6.45, 7) is 1.28. The maximum Gasteiger partial charge on any atom is 0.339 e. The minimum Gasteiger partial charge on any atom is -0.465 e. The number of esters is 1. The molecule has 1 amide bonds. The van der Waals surface area contributed by atoms with Gasteiger partial charge in [0.25, 0.3) is 5.91 Å². The van der Waals surface area contributed by atoms with Crippen molar-refractivity contribution < 1.29 is 14.3 Å². The lowest BCUT2D eigenvalue weighted by molar-refractivity contribution is 0.0601. The molecule has 3 aromatic rings. The maximum absolute atomic E-state index is 12.8. The number of nitrogens with zero attached hydrogens (tertiary/aromatic N) is 2. The van der Waals surface area contributed by atoms with Crippen LogP contribution in [0.5, 0.6) is 0 Å². The van der Waals surface area contributed by atoms with Gasteiger partial charge in [-0.1, -0.05) is 36.4 Å². The lowest BCUT2D eigenvalue weighted by atomic mass is 10.00. The van der Waals surface area contributed by atoms with Crippen molar-refractivity contribution >= 4 is 23.3 Å². The SMILES string of the molecule is COC(=O)c1ccccc1Nc1ccc(C(=O)N2CCc3ccccc3C2)nc1. The van der Waals surface area contributed by atoms with Crippen LogP contribution in [0.2, 0.25) is 0 Å². The summed E-state index contributed by atoms with van der Waals surface area (Å²) in [6, 6.07) is 18.8. The molecule has 0 spiro atoms. The average molecular weight is 387 g/mol. The standard InChI is InChI=1S/C23H21N3O3/c1-29-23(28)19-8-4-5-9-20(19)25-18-10-11-21(24-14-18)22(27)26-13-12-16-6-2-3-7-17(16)15-26/h2-11,14,25H,12-13,15H2,1H3. The predicted molar refractivity (Wildman–Crippen MR) is 110 cm³/mol. The summed E-state index contributed by atoms with van der Waals surface area (Å²) in [6.07, 6.45) is 2.45. The summed E-state index contributed by atoms with van der Waals surface area (Å²) in [5.74, 6) is -0.501. The van der Waals surface area contributed by atoms with Gasteiger partial charge in [-0.15, -0.1) is 0 Å². The smallest absolute Gasteiger partial charge is 0.339 e. The van der Waals surface area contributed by atoms with Gasteiger partial charge < -0.3 is 15.0 Å². The Balaban J connectivity index is 1.48. The first-order valence-electron chi connectivity index (χ1n) is 9.42. The Morgan fingerprint density at radius 1 is 1.00 bits per heavy atom. The number of ether oxygens (including phenoxy) is 1. The zero-order valence-electron chi connectivity index (χ0n) is 16.1. The molecule has 0 radical (unpaired) electrons. The number of benzene rings is 2. The number of rotatable bonds is 4. The number of para-hydroxylation sites is 1. The molecule has 2 aromatic carbocycles. The van der Waals surface area contributed by atoms with E-state index in [-0.39, 0.29) is 5.91 Å². The van der Waals surface area contributed by atoms with Gasteiger partial charge in [-0.25, -0.2) is 9.78 Å². The Morgan fingerprint density at radius 2 is 1.76 bits per heavy atom. The number of carbonyl (C=O) groups is 2. The first-order chi connectivity index (χ1) is 14.2. The number of fused-ring (bicyclic) bond motifs is 1. The summed E-state index contributed by atoms with van der Waals surface area (Å²) >= 11 is 0. The van der Waals surface area contributed by atoms with Crippen LogP contribution in [0.4, 0.5) is 11.4 Å². The fraction of sp³-hybridized carbons (Fsp3) is 0.174. The molecule has 6 heteroatoms. The van der Waals surface area contributed by atoms with Crippen LogP contribution in [0.15, 0.2) is 66.9 Å². The first kappa shape index (κ1) is 18.7. The van der Waals surface area contributed by atoms with Gasteiger partial charge in [0.15, 0.2) is 0 Å². The van der Waals surface area contributed by atoms with Crippen molar-refractivity contribution in [3.05, 3.63) is 89.2 Å². The van der Waals surface area contributed by atoms with Crippen molar-refractivity contribution in [2.75, 3.05) is 19.0 Å². The van der Waals surface area contributed by atoms with Crippen molar-refractivity contribution in [2.24, 2.45) is 0 Å². The molecule has 1 aliphatic heterocycles. The van der Waals surface area contributed by atoms with Gasteiger partial charge in [-0.2, -0.15) is 0 Å². The second-order valence-electron chi connectivity index (χ2n) is 6.84. The van der Waals surface area contributed by atoms with E-state index in [0.29, 0.717) is 35.7 Å². The number of hydrogen-bond acceptors (Lipinski definition) is 5. The predicted octanol–water partition coefficient (Wildman–Crippen LogP) is 3.81. The van der Waals surface area contributed by atoms with Gasteiger partial charge in [0.1, 0.15) is 5.69 Å². The third kappa shape index (κ3) is 3.96. The van der Waals surface area contributed by atoms with E-state index in [1.165, 1.54) is 18.2 Å². The number of anilines is 2. The highest BCUT2D eigenvalue weighted by Crippen LogP contribution is 2.23. The van der Waals surface area contributed by atoms with E-state index in [0.717, 1.165) is 6.42 Å². The number of carbonyl (C=O) groups excluding carboxylic acids is 2. The number of nitrogens with one attached hydrogen (secondary N) is 1. The molecule has 0 saturated carbocycles. The highest BCUT2D eigenvalue weighted by Gasteiger charge is 2.22. The van der Waals surface area contributed by atoms with Crippen LogP contribution in [0.25, 0.3) is 0 Å². The normalized spacial score (nSPS) is 12.8. The molecule has 0 atom stereocenters. The molecule has 0 aliphatic carbocycles. The summed E-state index contributed by atoms with van der Waals surface area (Å²) in [7, 11) is 1.35. The molecule has 1 N–H and O–H groups in total. The van der Waals surface area contributed by atoms with Gasteiger partial charge in [-0.3, -0.25) is 4.79 Å². The van der Waals surface area contributed by atoms with Crippen LogP contribution in [-0.2, 0) is 17.7 Å². The second kappa shape index (κ2) is 8.14. The van der Waals surface area contributed by atoms with Gasteiger partial charge >= 0.3 is 5.97 Å². The summed E-state index contributed by atoms with van der Waals surface area (Å²) in [5, 5.41) is 3.16. The number of hydrogen-bond donors (Lipinski definition) is 1. The van der Waals surface area contributed by atoms with Gasteiger partial charge in [0, 0.05) is 13.1 Å². The molecule has 1 aliphatic rings. The summed E-state index contributed by atoms with van der Waals surface area (Å²) in [4.78, 5) is 30.9. The third-order valence-electron chi connectivity index (χ3n) is 5.01. The quantitative estimate of drug-likeness (QED) is 0.690. The number of aromatic nitrogens is 1. The van der Waals surface area contributed by atoms with Crippen molar-refractivity contribution in [3.63, 3.8) is 0 Å². The van der Waals surface area contributed by atoms with Crippen molar-refractivity contribution in [3.8, 4) is 0 Å². The van der Waals surface area contributed by atoms with Crippen LogP contribution in [0.3, 0.4) is 0 Å². The zero-order valence-corrected chi connectivity index (χ0v) is 16.1. The lowest BCUT2D eigenvalue weighted by Gasteiger charge is -2.28. The maximum atomic E-state index is 12.8. The lowest BCUT2D eigenvalue weighted by Crippen LogP contribution is -2.36.